The summed E-state index contributed by atoms with van der Waals surface area (Å²) in [6.07, 6.45) is 3.16. The number of ether oxygens (including phenoxy) is 1. The summed E-state index contributed by atoms with van der Waals surface area (Å²) in [6.45, 7) is 2.66. The number of likely N-dealkylation sites (tertiary alicyclic amines) is 1. The van der Waals surface area contributed by atoms with Crippen LogP contribution in [0, 0.1) is 11.8 Å². The van der Waals surface area contributed by atoms with Crippen molar-refractivity contribution in [3.05, 3.63) is 65.3 Å². The first-order chi connectivity index (χ1) is 17.4. The van der Waals surface area contributed by atoms with Crippen LogP contribution in [0.15, 0.2) is 59.6 Å². The number of piperidine rings is 1. The fourth-order valence-electron chi connectivity index (χ4n) is 5.15. The Morgan fingerprint density at radius 3 is 2.81 bits per heavy atom. The van der Waals surface area contributed by atoms with E-state index in [-0.39, 0.29) is 18.3 Å². The van der Waals surface area contributed by atoms with Gasteiger partial charge >= 0.3 is 5.97 Å². The van der Waals surface area contributed by atoms with Crippen LogP contribution in [-0.2, 0) is 4.79 Å². The molecule has 2 heterocycles. The summed E-state index contributed by atoms with van der Waals surface area (Å²) in [7, 11) is 1.60. The maximum Gasteiger partial charge on any atom is 0.303 e. The molecule has 4 rings (SSSR count). The number of aliphatic carboxylic acids is 1. The molecule has 2 aromatic carbocycles. The summed E-state index contributed by atoms with van der Waals surface area (Å²) in [5.41, 5.74) is 1.41. The van der Waals surface area contributed by atoms with E-state index in [1.54, 1.807) is 13.3 Å². The maximum absolute atomic E-state index is 11.6. The van der Waals surface area contributed by atoms with E-state index in [1.165, 1.54) is 4.90 Å². The molecule has 0 radical (unpaired) electrons. The molecule has 0 saturated carbocycles. The highest BCUT2D eigenvalue weighted by atomic mass is 35.5. The number of rotatable bonds is 11. The van der Waals surface area contributed by atoms with Crippen LogP contribution in [0.5, 0.6) is 5.75 Å². The number of aliphatic hydroxyl groups is 1. The number of thioether (sulfide) groups is 1. The second-order valence-electron chi connectivity index (χ2n) is 9.36. The molecule has 2 N–H and O–H groups in total. The van der Waals surface area contributed by atoms with E-state index in [2.05, 4.69) is 22.0 Å². The van der Waals surface area contributed by atoms with Gasteiger partial charge in [0.05, 0.1) is 23.8 Å². The van der Waals surface area contributed by atoms with Crippen LogP contribution >= 0.6 is 23.4 Å². The number of carbonyl (C=O) groups is 1. The average molecular weight is 529 g/mol. The fraction of sp³-hybridized carbons (Fsp3) is 0.429. The van der Waals surface area contributed by atoms with Crippen molar-refractivity contribution in [3.8, 4) is 5.75 Å². The second-order valence-corrected chi connectivity index (χ2v) is 10.9. The van der Waals surface area contributed by atoms with Crippen LogP contribution in [0.25, 0.3) is 10.9 Å². The Hall–Kier alpha value is -2.32. The Morgan fingerprint density at radius 2 is 2.06 bits per heavy atom. The van der Waals surface area contributed by atoms with Crippen LogP contribution in [-0.4, -0.2) is 58.6 Å². The lowest BCUT2D eigenvalue weighted by atomic mass is 9.79. The van der Waals surface area contributed by atoms with Crippen molar-refractivity contribution >= 4 is 40.2 Å². The predicted octanol–water partition coefficient (Wildman–Crippen LogP) is 5.92. The van der Waals surface area contributed by atoms with Gasteiger partial charge in [0.1, 0.15) is 5.75 Å². The number of hydrogen-bond acceptors (Lipinski definition) is 6. The molecule has 3 atom stereocenters. The number of halogens is 1. The Kier molecular flexibility index (Phi) is 9.48. The Labute approximate surface area is 221 Å². The van der Waals surface area contributed by atoms with Gasteiger partial charge in [-0.25, -0.2) is 0 Å². The SMILES string of the molecule is COc1ccc2ncc(Cl)c([C@H](O)CCC3CCN(CCSc4ccccc4)CC3CC(=O)O)c2c1. The van der Waals surface area contributed by atoms with E-state index in [0.717, 1.165) is 49.1 Å². The van der Waals surface area contributed by atoms with Crippen molar-refractivity contribution in [2.45, 2.75) is 36.7 Å². The van der Waals surface area contributed by atoms with Gasteiger partial charge in [0.2, 0.25) is 0 Å². The van der Waals surface area contributed by atoms with E-state index in [0.29, 0.717) is 22.8 Å². The zero-order chi connectivity index (χ0) is 25.5. The molecule has 0 bridgehead atoms. The van der Waals surface area contributed by atoms with Gasteiger partial charge in [-0.1, -0.05) is 29.8 Å². The summed E-state index contributed by atoms with van der Waals surface area (Å²) in [6, 6.07) is 15.9. The molecule has 1 aliphatic heterocycles. The molecule has 1 saturated heterocycles. The van der Waals surface area contributed by atoms with E-state index in [9.17, 15) is 15.0 Å². The molecule has 0 spiro atoms. The highest BCUT2D eigenvalue weighted by molar-refractivity contribution is 7.99. The Morgan fingerprint density at radius 1 is 1.25 bits per heavy atom. The number of aromatic nitrogens is 1. The van der Waals surface area contributed by atoms with Crippen molar-refractivity contribution in [1.29, 1.82) is 0 Å². The van der Waals surface area contributed by atoms with Crippen molar-refractivity contribution in [2.75, 3.05) is 32.5 Å². The van der Waals surface area contributed by atoms with Gasteiger partial charge in [0.15, 0.2) is 0 Å². The number of aliphatic hydroxyl groups excluding tert-OH is 1. The molecule has 2 unspecified atom stereocenters. The number of carboxylic acid groups (broad SMARTS) is 1. The van der Waals surface area contributed by atoms with E-state index < -0.39 is 12.1 Å². The number of fused-ring (bicyclic) bond motifs is 1. The molecule has 36 heavy (non-hydrogen) atoms. The molecular formula is C28H33ClN2O4S. The van der Waals surface area contributed by atoms with Gasteiger partial charge < -0.3 is 19.8 Å². The quantitative estimate of drug-likeness (QED) is 0.299. The van der Waals surface area contributed by atoms with E-state index >= 15 is 0 Å². The number of benzene rings is 2. The first kappa shape index (κ1) is 26.7. The lowest BCUT2D eigenvalue weighted by Gasteiger charge is -2.38. The zero-order valence-electron chi connectivity index (χ0n) is 20.5. The number of carboxylic acids is 1. The van der Waals surface area contributed by atoms with Gasteiger partial charge in [-0.15, -0.1) is 11.8 Å². The largest absolute Gasteiger partial charge is 0.497 e. The van der Waals surface area contributed by atoms with Gasteiger partial charge in [0, 0.05) is 47.3 Å². The molecular weight excluding hydrogens is 496 g/mol. The fourth-order valence-corrected chi connectivity index (χ4v) is 6.37. The zero-order valence-corrected chi connectivity index (χ0v) is 22.0. The topological polar surface area (TPSA) is 82.9 Å². The van der Waals surface area contributed by atoms with Crippen LogP contribution < -0.4 is 4.74 Å². The molecule has 1 fully saturated rings. The number of nitrogens with zero attached hydrogens (tertiary/aromatic N) is 2. The van der Waals surface area contributed by atoms with Gasteiger partial charge in [-0.05, 0) is 68.0 Å². The molecule has 3 aromatic rings. The number of hydrogen-bond donors (Lipinski definition) is 2. The van der Waals surface area contributed by atoms with E-state index in [1.807, 2.05) is 48.2 Å². The summed E-state index contributed by atoms with van der Waals surface area (Å²) in [5, 5.41) is 21.9. The smallest absolute Gasteiger partial charge is 0.303 e. The summed E-state index contributed by atoms with van der Waals surface area (Å²) in [4.78, 5) is 19.6. The molecule has 192 valence electrons. The third-order valence-electron chi connectivity index (χ3n) is 7.04. The molecule has 1 aromatic heterocycles. The van der Waals surface area contributed by atoms with Gasteiger partial charge in [-0.2, -0.15) is 0 Å². The highest BCUT2D eigenvalue weighted by Crippen LogP contribution is 2.37. The van der Waals surface area contributed by atoms with Gasteiger partial charge in [0.25, 0.3) is 0 Å². The summed E-state index contributed by atoms with van der Waals surface area (Å²) < 4.78 is 5.35. The minimum atomic E-state index is -0.763. The number of pyridine rings is 1. The minimum absolute atomic E-state index is 0.0647. The average Bonchev–Trinajstić information content (AvgIpc) is 2.88. The van der Waals surface area contributed by atoms with Crippen molar-refractivity contribution in [1.82, 2.24) is 9.88 Å². The van der Waals surface area contributed by atoms with Crippen LogP contribution in [0.1, 0.15) is 37.4 Å². The maximum atomic E-state index is 11.6. The summed E-state index contributed by atoms with van der Waals surface area (Å²) in [5.74, 6) is 1.20. The highest BCUT2D eigenvalue weighted by Gasteiger charge is 2.31. The monoisotopic (exact) mass is 528 g/mol. The van der Waals surface area contributed by atoms with E-state index in [4.69, 9.17) is 16.3 Å². The first-order valence-corrected chi connectivity index (χ1v) is 13.7. The molecule has 0 amide bonds. The third kappa shape index (κ3) is 6.91. The van der Waals surface area contributed by atoms with Crippen LogP contribution in [0.3, 0.4) is 0 Å². The van der Waals surface area contributed by atoms with Crippen molar-refractivity contribution in [3.63, 3.8) is 0 Å². The second kappa shape index (κ2) is 12.8. The number of methoxy groups -OCH3 is 1. The van der Waals surface area contributed by atoms with Crippen molar-refractivity contribution < 1.29 is 19.7 Å². The Bertz CT molecular complexity index is 1160. The van der Waals surface area contributed by atoms with Crippen molar-refractivity contribution in [2.24, 2.45) is 11.8 Å². The van der Waals surface area contributed by atoms with Gasteiger partial charge in [-0.3, -0.25) is 9.78 Å². The molecule has 8 heteroatoms. The predicted molar refractivity (Wildman–Crippen MR) is 145 cm³/mol. The lowest BCUT2D eigenvalue weighted by Crippen LogP contribution is -2.42. The molecule has 1 aliphatic rings. The normalized spacial score (nSPS) is 19.3. The van der Waals surface area contributed by atoms with Crippen LogP contribution in [0.2, 0.25) is 5.02 Å². The van der Waals surface area contributed by atoms with Crippen LogP contribution in [0.4, 0.5) is 0 Å². The first-order valence-electron chi connectivity index (χ1n) is 12.4. The Balaban J connectivity index is 1.38. The molecule has 0 aliphatic carbocycles. The standard InChI is InChI=1S/C28H33ClN2O4S/c1-35-21-8-9-25-23(16-21)28(24(29)17-30-25)26(32)10-7-19-11-12-31(18-20(19)15-27(33)34)13-14-36-22-5-3-2-4-6-22/h2-6,8-9,16-17,19-20,26,32H,7,10-15,18H2,1H3,(H,33,34)/t19?,20?,26-/m1/s1. The third-order valence-corrected chi connectivity index (χ3v) is 8.34. The molecule has 6 nitrogen and oxygen atoms in total. The lowest BCUT2D eigenvalue weighted by molar-refractivity contribution is -0.139. The summed E-state index contributed by atoms with van der Waals surface area (Å²) >= 11 is 8.30. The minimum Gasteiger partial charge on any atom is -0.497 e.